The van der Waals surface area contributed by atoms with Crippen LogP contribution in [-0.2, 0) is 6.54 Å². The first-order valence-corrected chi connectivity index (χ1v) is 4.97. The number of aryl methyl sites for hydroxylation is 1. The number of H-pyrrole nitrogens is 1. The van der Waals surface area contributed by atoms with Crippen molar-refractivity contribution in [3.8, 4) is 5.75 Å². The number of aromatic amines is 1. The highest BCUT2D eigenvalue weighted by Gasteiger charge is 2.09. The van der Waals surface area contributed by atoms with Gasteiger partial charge in [0.25, 0.3) is 5.56 Å². The van der Waals surface area contributed by atoms with Gasteiger partial charge in [0.2, 0.25) is 11.6 Å². The largest absolute Gasteiger partial charge is 0.489 e. The van der Waals surface area contributed by atoms with E-state index in [1.807, 2.05) is 6.92 Å². The smallest absolute Gasteiger partial charge is 0.295 e. The van der Waals surface area contributed by atoms with Crippen molar-refractivity contribution < 1.29 is 9.15 Å². The highest BCUT2D eigenvalue weighted by atomic mass is 16.5. The van der Waals surface area contributed by atoms with Gasteiger partial charge in [0.05, 0.1) is 26.2 Å². The van der Waals surface area contributed by atoms with Gasteiger partial charge in [-0.3, -0.25) is 4.79 Å². The third-order valence-corrected chi connectivity index (χ3v) is 2.09. The summed E-state index contributed by atoms with van der Waals surface area (Å²) in [6, 6.07) is 0. The monoisotopic (exact) mass is 236 g/mol. The van der Waals surface area contributed by atoms with Crippen molar-refractivity contribution >= 4 is 5.82 Å². The molecule has 2 rings (SSSR count). The standard InChI is InChI=1S/C10H12N4O3/c1-6-3-11-7(17-6)4-12-9-8(16-2)10(15)14-5-13-9/h3,5H,4H2,1-2H3,(H2,12,13,14,15). The van der Waals surface area contributed by atoms with Gasteiger partial charge in [-0.2, -0.15) is 0 Å². The van der Waals surface area contributed by atoms with Gasteiger partial charge in [-0.25, -0.2) is 9.97 Å². The summed E-state index contributed by atoms with van der Waals surface area (Å²) in [6.07, 6.45) is 2.92. The lowest BCUT2D eigenvalue weighted by Gasteiger charge is -2.06. The van der Waals surface area contributed by atoms with Gasteiger partial charge in [0, 0.05) is 0 Å². The van der Waals surface area contributed by atoms with E-state index in [9.17, 15) is 4.79 Å². The molecule has 0 saturated carbocycles. The molecule has 2 N–H and O–H groups in total. The zero-order valence-corrected chi connectivity index (χ0v) is 9.48. The molecule has 0 bridgehead atoms. The molecule has 0 aliphatic heterocycles. The minimum atomic E-state index is -0.339. The van der Waals surface area contributed by atoms with E-state index in [1.54, 1.807) is 6.20 Å². The van der Waals surface area contributed by atoms with Gasteiger partial charge in [-0.1, -0.05) is 0 Å². The Morgan fingerprint density at radius 1 is 1.53 bits per heavy atom. The van der Waals surface area contributed by atoms with Crippen molar-refractivity contribution in [1.82, 2.24) is 15.0 Å². The van der Waals surface area contributed by atoms with Crippen LogP contribution in [0.5, 0.6) is 5.75 Å². The molecule has 0 spiro atoms. The molecule has 7 nitrogen and oxygen atoms in total. The van der Waals surface area contributed by atoms with E-state index in [0.29, 0.717) is 18.3 Å². The maximum Gasteiger partial charge on any atom is 0.295 e. The highest BCUT2D eigenvalue weighted by molar-refractivity contribution is 5.47. The van der Waals surface area contributed by atoms with Crippen molar-refractivity contribution in [2.45, 2.75) is 13.5 Å². The Hall–Kier alpha value is -2.31. The molecule has 0 amide bonds. The number of methoxy groups -OCH3 is 1. The van der Waals surface area contributed by atoms with Gasteiger partial charge in [0.15, 0.2) is 5.82 Å². The number of ether oxygens (including phenoxy) is 1. The first-order chi connectivity index (χ1) is 8.20. The summed E-state index contributed by atoms with van der Waals surface area (Å²) in [7, 11) is 1.41. The fourth-order valence-corrected chi connectivity index (χ4v) is 1.34. The average molecular weight is 236 g/mol. The van der Waals surface area contributed by atoms with Crippen molar-refractivity contribution in [3.63, 3.8) is 0 Å². The molecule has 2 aromatic heterocycles. The molecule has 0 atom stereocenters. The zero-order valence-electron chi connectivity index (χ0n) is 9.48. The SMILES string of the molecule is COc1c(NCc2ncc(C)o2)nc[nH]c1=O. The number of anilines is 1. The maximum atomic E-state index is 11.4. The Balaban J connectivity index is 2.14. The Morgan fingerprint density at radius 3 is 3.00 bits per heavy atom. The molecular formula is C10H12N4O3. The Kier molecular flexibility index (Phi) is 3.08. The van der Waals surface area contributed by atoms with Crippen LogP contribution in [-0.4, -0.2) is 22.1 Å². The van der Waals surface area contributed by atoms with Crippen molar-refractivity contribution in [2.24, 2.45) is 0 Å². The van der Waals surface area contributed by atoms with Crippen molar-refractivity contribution in [2.75, 3.05) is 12.4 Å². The number of nitrogens with one attached hydrogen (secondary N) is 2. The number of nitrogens with zero attached hydrogens (tertiary/aromatic N) is 2. The minimum absolute atomic E-state index is 0.135. The molecule has 2 aromatic rings. The normalized spacial score (nSPS) is 10.2. The Morgan fingerprint density at radius 2 is 2.35 bits per heavy atom. The molecule has 0 unspecified atom stereocenters. The molecule has 0 fully saturated rings. The van der Waals surface area contributed by atoms with Crippen LogP contribution >= 0.6 is 0 Å². The van der Waals surface area contributed by atoms with Crippen molar-refractivity contribution in [3.05, 3.63) is 34.5 Å². The second-order valence-electron chi connectivity index (χ2n) is 3.33. The summed E-state index contributed by atoms with van der Waals surface area (Å²) < 4.78 is 10.2. The summed E-state index contributed by atoms with van der Waals surface area (Å²) in [5.74, 6) is 1.74. The molecule has 90 valence electrons. The van der Waals surface area contributed by atoms with E-state index in [4.69, 9.17) is 9.15 Å². The van der Waals surface area contributed by atoms with Crippen LogP contribution in [0.15, 0.2) is 21.7 Å². The molecule has 2 heterocycles. The van der Waals surface area contributed by atoms with Crippen LogP contribution in [0.3, 0.4) is 0 Å². The Labute approximate surface area is 96.9 Å². The van der Waals surface area contributed by atoms with E-state index >= 15 is 0 Å². The van der Waals surface area contributed by atoms with Gasteiger partial charge in [-0.05, 0) is 6.92 Å². The molecule has 0 saturated heterocycles. The highest BCUT2D eigenvalue weighted by Crippen LogP contribution is 2.15. The summed E-state index contributed by atoms with van der Waals surface area (Å²) in [5, 5.41) is 2.92. The fourth-order valence-electron chi connectivity index (χ4n) is 1.34. The number of hydrogen-bond acceptors (Lipinski definition) is 6. The van der Waals surface area contributed by atoms with Crippen LogP contribution < -0.4 is 15.6 Å². The number of rotatable bonds is 4. The lowest BCUT2D eigenvalue weighted by Crippen LogP contribution is -2.14. The van der Waals surface area contributed by atoms with Gasteiger partial charge >= 0.3 is 0 Å². The number of oxazole rings is 1. The van der Waals surface area contributed by atoms with E-state index in [1.165, 1.54) is 13.4 Å². The fraction of sp³-hybridized carbons (Fsp3) is 0.300. The first-order valence-electron chi connectivity index (χ1n) is 4.97. The third kappa shape index (κ3) is 2.44. The number of aromatic nitrogens is 3. The predicted octanol–water partition coefficient (Wildman–Crippen LogP) is 0.687. The van der Waals surface area contributed by atoms with Crippen LogP contribution in [0, 0.1) is 6.92 Å². The molecule has 17 heavy (non-hydrogen) atoms. The molecule has 0 radical (unpaired) electrons. The number of hydrogen-bond donors (Lipinski definition) is 2. The quantitative estimate of drug-likeness (QED) is 0.811. The maximum absolute atomic E-state index is 11.4. The van der Waals surface area contributed by atoms with Crippen LogP contribution in [0.2, 0.25) is 0 Å². The van der Waals surface area contributed by atoms with Gasteiger partial charge < -0.3 is 19.5 Å². The van der Waals surface area contributed by atoms with Crippen molar-refractivity contribution in [1.29, 1.82) is 0 Å². The molecule has 0 aromatic carbocycles. The van der Waals surface area contributed by atoms with E-state index in [-0.39, 0.29) is 11.3 Å². The lowest BCUT2D eigenvalue weighted by molar-refractivity contribution is 0.407. The Bertz CT molecular complexity index is 561. The van der Waals surface area contributed by atoms with Crippen LogP contribution in [0.25, 0.3) is 0 Å². The summed E-state index contributed by atoms with van der Waals surface area (Å²) in [5.41, 5.74) is -0.339. The second kappa shape index (κ2) is 4.69. The summed E-state index contributed by atoms with van der Waals surface area (Å²) >= 11 is 0. The predicted molar refractivity (Wildman–Crippen MR) is 60.0 cm³/mol. The second-order valence-corrected chi connectivity index (χ2v) is 3.33. The van der Waals surface area contributed by atoms with E-state index in [2.05, 4.69) is 20.3 Å². The molecule has 0 aliphatic carbocycles. The van der Waals surface area contributed by atoms with E-state index in [0.717, 1.165) is 5.76 Å². The van der Waals surface area contributed by atoms with E-state index < -0.39 is 0 Å². The first kappa shape index (κ1) is 11.2. The minimum Gasteiger partial charge on any atom is -0.489 e. The van der Waals surface area contributed by atoms with Crippen LogP contribution in [0.1, 0.15) is 11.7 Å². The summed E-state index contributed by atoms with van der Waals surface area (Å²) in [4.78, 5) is 21.8. The van der Waals surface area contributed by atoms with Crippen LogP contribution in [0.4, 0.5) is 5.82 Å². The topological polar surface area (TPSA) is 93.0 Å². The summed E-state index contributed by atoms with van der Waals surface area (Å²) in [6.45, 7) is 2.14. The van der Waals surface area contributed by atoms with Gasteiger partial charge in [-0.15, -0.1) is 0 Å². The lowest BCUT2D eigenvalue weighted by atomic mass is 10.5. The van der Waals surface area contributed by atoms with Gasteiger partial charge in [0.1, 0.15) is 5.76 Å². The molecule has 7 heteroatoms. The average Bonchev–Trinajstić information content (AvgIpc) is 2.72. The molecular weight excluding hydrogens is 224 g/mol. The zero-order chi connectivity index (χ0) is 12.3. The third-order valence-electron chi connectivity index (χ3n) is 2.09. The molecule has 0 aliphatic rings.